The third kappa shape index (κ3) is 7.11. The Balaban J connectivity index is 1.66. The highest BCUT2D eigenvalue weighted by Crippen LogP contribution is 2.49. The molecule has 0 bridgehead atoms. The SMILES string of the molecule is C/N=C/C1(C(=O)NCC2=C(c3ccc(OC)cn3)C[C@](c3ccc(OCCCC(F)(F)F)cc3)(C(F)(F)F)NC2=O)CC1. The van der Waals surface area contributed by atoms with E-state index in [-0.39, 0.29) is 53.6 Å². The zero-order chi connectivity index (χ0) is 31.5. The molecule has 0 radical (unpaired) electrons. The summed E-state index contributed by atoms with van der Waals surface area (Å²) in [5.74, 6) is -1.01. The molecule has 4 rings (SSSR count). The van der Waals surface area contributed by atoms with Gasteiger partial charge in [-0.1, -0.05) is 12.1 Å². The van der Waals surface area contributed by atoms with E-state index in [2.05, 4.69) is 20.6 Å². The van der Waals surface area contributed by atoms with E-state index < -0.39 is 42.1 Å². The molecule has 8 nitrogen and oxygen atoms in total. The molecule has 2 aliphatic rings. The van der Waals surface area contributed by atoms with Crippen LogP contribution in [0.15, 0.2) is 53.2 Å². The van der Waals surface area contributed by atoms with E-state index in [4.69, 9.17) is 9.47 Å². The van der Waals surface area contributed by atoms with E-state index in [0.717, 1.165) is 12.1 Å². The topological polar surface area (TPSA) is 102 Å². The van der Waals surface area contributed by atoms with E-state index in [1.807, 2.05) is 0 Å². The zero-order valence-corrected chi connectivity index (χ0v) is 23.4. The first kappa shape index (κ1) is 31.8. The fourth-order valence-electron chi connectivity index (χ4n) is 4.88. The van der Waals surface area contributed by atoms with Gasteiger partial charge in [0.15, 0.2) is 5.54 Å². The molecule has 0 spiro atoms. The number of nitrogens with zero attached hydrogens (tertiary/aromatic N) is 2. The Bertz CT molecular complexity index is 1380. The second kappa shape index (κ2) is 12.3. The van der Waals surface area contributed by atoms with Gasteiger partial charge in [-0.2, -0.15) is 26.3 Å². The summed E-state index contributed by atoms with van der Waals surface area (Å²) >= 11 is 0. The van der Waals surface area contributed by atoms with E-state index in [1.165, 1.54) is 50.8 Å². The third-order valence-corrected chi connectivity index (χ3v) is 7.44. The number of rotatable bonds is 11. The van der Waals surface area contributed by atoms with Crippen LogP contribution in [0.2, 0.25) is 0 Å². The number of ether oxygens (including phenoxy) is 2. The number of hydrogen-bond donors (Lipinski definition) is 2. The van der Waals surface area contributed by atoms with Gasteiger partial charge in [-0.05, 0) is 54.7 Å². The molecular formula is C29H30F6N4O4. The number of methoxy groups -OCH3 is 1. The number of alkyl halides is 6. The number of amides is 2. The molecule has 1 aliphatic heterocycles. The van der Waals surface area contributed by atoms with Gasteiger partial charge in [0, 0.05) is 38.2 Å². The van der Waals surface area contributed by atoms with Crippen molar-refractivity contribution in [3.8, 4) is 11.5 Å². The number of carbonyl (C=O) groups excluding carboxylic acids is 2. The van der Waals surface area contributed by atoms with Crippen LogP contribution in [-0.2, 0) is 15.1 Å². The van der Waals surface area contributed by atoms with Gasteiger partial charge in [-0.25, -0.2) is 0 Å². The number of nitrogens with one attached hydrogen (secondary N) is 2. The highest BCUT2D eigenvalue weighted by atomic mass is 19.4. The molecule has 0 unspecified atom stereocenters. The zero-order valence-electron chi connectivity index (χ0n) is 23.4. The Morgan fingerprint density at radius 2 is 1.77 bits per heavy atom. The second-order valence-electron chi connectivity index (χ2n) is 10.4. The van der Waals surface area contributed by atoms with Crippen molar-refractivity contribution >= 4 is 23.6 Å². The van der Waals surface area contributed by atoms with Gasteiger partial charge >= 0.3 is 12.4 Å². The van der Waals surface area contributed by atoms with Crippen molar-refractivity contribution in [2.75, 3.05) is 27.3 Å². The van der Waals surface area contributed by atoms with Crippen LogP contribution in [-0.4, -0.2) is 62.7 Å². The maximum atomic E-state index is 14.9. The van der Waals surface area contributed by atoms with Crippen LogP contribution in [0, 0.1) is 5.41 Å². The largest absolute Gasteiger partial charge is 0.495 e. The fraction of sp³-hybridized carbons (Fsp3) is 0.448. The number of halogens is 6. The molecule has 14 heteroatoms. The standard InChI is InChI=1S/C29H30F6N4O4/c1-36-17-26(11-12-26)25(41)38-16-22-21(23-9-8-20(42-2)15-37-23)14-27(29(33,34)35,39-24(22)40)18-4-6-19(7-5-18)43-13-3-10-28(30,31)32/h4-9,15,17H,3,10-14,16H2,1-2H3,(H,38,41)(H,39,40)/b36-17+/t27-/m0/s1. The molecule has 1 aromatic carbocycles. The maximum Gasteiger partial charge on any atom is 0.416 e. The van der Waals surface area contributed by atoms with Crippen LogP contribution < -0.4 is 20.1 Å². The van der Waals surface area contributed by atoms with Crippen LogP contribution in [0.4, 0.5) is 26.3 Å². The van der Waals surface area contributed by atoms with Crippen molar-refractivity contribution in [2.24, 2.45) is 10.4 Å². The molecule has 1 aromatic heterocycles. The third-order valence-electron chi connectivity index (χ3n) is 7.44. The molecule has 1 aliphatic carbocycles. The van der Waals surface area contributed by atoms with Crippen molar-refractivity contribution in [3.05, 3.63) is 59.4 Å². The molecule has 2 heterocycles. The lowest BCUT2D eigenvalue weighted by atomic mass is 9.77. The van der Waals surface area contributed by atoms with E-state index >= 15 is 0 Å². The molecule has 1 fully saturated rings. The minimum absolute atomic E-state index is 0.0227. The summed E-state index contributed by atoms with van der Waals surface area (Å²) in [7, 11) is 2.93. The lowest BCUT2D eigenvalue weighted by Gasteiger charge is -2.41. The number of aromatic nitrogens is 1. The summed E-state index contributed by atoms with van der Waals surface area (Å²) in [4.78, 5) is 34.4. The first-order valence-corrected chi connectivity index (χ1v) is 13.4. The molecule has 2 aromatic rings. The summed E-state index contributed by atoms with van der Waals surface area (Å²) in [5.41, 5.74) is -4.01. The quantitative estimate of drug-likeness (QED) is 0.208. The van der Waals surface area contributed by atoms with Crippen LogP contribution in [0.1, 0.15) is 43.4 Å². The van der Waals surface area contributed by atoms with Gasteiger partial charge in [-0.3, -0.25) is 19.6 Å². The molecule has 0 saturated heterocycles. The van der Waals surface area contributed by atoms with Gasteiger partial charge in [0.1, 0.15) is 11.5 Å². The van der Waals surface area contributed by atoms with Crippen molar-refractivity contribution in [3.63, 3.8) is 0 Å². The van der Waals surface area contributed by atoms with Crippen molar-refractivity contribution in [1.29, 1.82) is 0 Å². The Morgan fingerprint density at radius 3 is 2.30 bits per heavy atom. The minimum atomic E-state index is -4.99. The summed E-state index contributed by atoms with van der Waals surface area (Å²) in [5, 5.41) is 4.80. The van der Waals surface area contributed by atoms with Crippen molar-refractivity contribution in [2.45, 2.75) is 50.0 Å². The van der Waals surface area contributed by atoms with E-state index in [0.29, 0.717) is 18.6 Å². The van der Waals surface area contributed by atoms with Crippen molar-refractivity contribution in [1.82, 2.24) is 15.6 Å². The van der Waals surface area contributed by atoms with E-state index in [9.17, 15) is 35.9 Å². The number of hydrogen-bond acceptors (Lipinski definition) is 6. The number of benzene rings is 1. The normalized spacial score (nSPS) is 20.1. The average molecular weight is 613 g/mol. The Hall–Kier alpha value is -4.10. The molecule has 1 atom stereocenters. The molecule has 2 N–H and O–H groups in total. The lowest BCUT2D eigenvalue weighted by Crippen LogP contribution is -2.59. The van der Waals surface area contributed by atoms with Crippen LogP contribution in [0.25, 0.3) is 5.57 Å². The Labute approximate surface area is 243 Å². The predicted molar refractivity (Wildman–Crippen MR) is 145 cm³/mol. The monoisotopic (exact) mass is 612 g/mol. The summed E-state index contributed by atoms with van der Waals surface area (Å²) < 4.78 is 92.3. The van der Waals surface area contributed by atoms with Gasteiger partial charge in [0.2, 0.25) is 11.8 Å². The predicted octanol–water partition coefficient (Wildman–Crippen LogP) is 5.14. The van der Waals surface area contributed by atoms with Gasteiger partial charge in [0.25, 0.3) is 0 Å². The number of carbonyl (C=O) groups is 2. The highest BCUT2D eigenvalue weighted by Gasteiger charge is 2.59. The van der Waals surface area contributed by atoms with Crippen LogP contribution >= 0.6 is 0 Å². The lowest BCUT2D eigenvalue weighted by molar-refractivity contribution is -0.201. The summed E-state index contributed by atoms with van der Waals surface area (Å²) in [6.07, 6.45) is -7.51. The molecule has 1 saturated carbocycles. The maximum absolute atomic E-state index is 14.9. The second-order valence-corrected chi connectivity index (χ2v) is 10.4. The highest BCUT2D eigenvalue weighted by molar-refractivity contribution is 6.06. The average Bonchev–Trinajstić information content (AvgIpc) is 3.74. The Kier molecular flexibility index (Phi) is 9.07. The van der Waals surface area contributed by atoms with Crippen LogP contribution in [0.3, 0.4) is 0 Å². The van der Waals surface area contributed by atoms with Crippen LogP contribution in [0.5, 0.6) is 11.5 Å². The molecule has 2 amide bonds. The van der Waals surface area contributed by atoms with Gasteiger partial charge < -0.3 is 20.1 Å². The molecular weight excluding hydrogens is 582 g/mol. The van der Waals surface area contributed by atoms with Gasteiger partial charge in [-0.15, -0.1) is 0 Å². The summed E-state index contributed by atoms with van der Waals surface area (Å²) in [6, 6.07) is 7.56. The van der Waals surface area contributed by atoms with Crippen molar-refractivity contribution < 1.29 is 45.4 Å². The Morgan fingerprint density at radius 1 is 1.09 bits per heavy atom. The first-order chi connectivity index (χ1) is 20.2. The number of aliphatic imine (C=N–C) groups is 1. The number of pyridine rings is 1. The summed E-state index contributed by atoms with van der Waals surface area (Å²) in [6.45, 7) is -0.623. The molecule has 232 valence electrons. The smallest absolute Gasteiger partial charge is 0.416 e. The minimum Gasteiger partial charge on any atom is -0.495 e. The molecule has 43 heavy (non-hydrogen) atoms. The van der Waals surface area contributed by atoms with E-state index in [1.54, 1.807) is 0 Å². The first-order valence-electron chi connectivity index (χ1n) is 13.4. The van der Waals surface area contributed by atoms with Gasteiger partial charge in [0.05, 0.1) is 31.0 Å². The fourth-order valence-corrected chi connectivity index (χ4v) is 4.88.